The van der Waals surface area contributed by atoms with Crippen molar-refractivity contribution in [3.63, 3.8) is 0 Å². The van der Waals surface area contributed by atoms with E-state index in [9.17, 15) is 14.4 Å². The molecule has 1 fully saturated rings. The lowest BCUT2D eigenvalue weighted by atomic mass is 9.75. The maximum atomic E-state index is 13.7. The van der Waals surface area contributed by atoms with Crippen LogP contribution in [-0.2, 0) is 39.3 Å². The summed E-state index contributed by atoms with van der Waals surface area (Å²) in [6.07, 6.45) is 2.44. The highest BCUT2D eigenvalue weighted by Gasteiger charge is 2.54. The van der Waals surface area contributed by atoms with E-state index >= 15 is 0 Å². The van der Waals surface area contributed by atoms with Gasteiger partial charge in [0.05, 0.1) is 18.2 Å². The number of aromatic amines is 1. The molecule has 7 nitrogen and oxygen atoms in total. The largest absolute Gasteiger partial charge is 0.338 e. The number of nitrogens with zero attached hydrogens (tertiary/aromatic N) is 3. The van der Waals surface area contributed by atoms with Gasteiger partial charge in [0, 0.05) is 48.5 Å². The van der Waals surface area contributed by atoms with Gasteiger partial charge in [-0.2, -0.15) is 5.10 Å². The zero-order chi connectivity index (χ0) is 21.4. The number of benzene rings is 1. The van der Waals surface area contributed by atoms with Crippen LogP contribution in [0.1, 0.15) is 34.5 Å². The summed E-state index contributed by atoms with van der Waals surface area (Å²) in [5.41, 5.74) is 1.61. The van der Waals surface area contributed by atoms with Crippen LogP contribution in [0.2, 0.25) is 0 Å². The first-order chi connectivity index (χ1) is 15.1. The first-order valence-corrected chi connectivity index (χ1v) is 11.2. The number of likely N-dealkylation sites (tertiary alicyclic amines) is 1. The van der Waals surface area contributed by atoms with Gasteiger partial charge in [-0.3, -0.25) is 24.4 Å². The number of carbonyl (C=O) groups is 3. The number of carbonyl (C=O) groups excluding carboxylic acids is 3. The number of nitrogens with one attached hydrogen (secondary N) is 1. The molecule has 0 saturated carbocycles. The Morgan fingerprint density at radius 2 is 2.00 bits per heavy atom. The van der Waals surface area contributed by atoms with Gasteiger partial charge in [-0.1, -0.05) is 36.4 Å². The summed E-state index contributed by atoms with van der Waals surface area (Å²) in [6, 6.07) is 13.1. The number of imide groups is 1. The fraction of sp³-hybridized carbons (Fsp3) is 0.304. The first-order valence-electron chi connectivity index (χ1n) is 10.3. The van der Waals surface area contributed by atoms with Gasteiger partial charge in [-0.25, -0.2) is 0 Å². The van der Waals surface area contributed by atoms with E-state index in [0.717, 1.165) is 21.7 Å². The maximum absolute atomic E-state index is 13.7. The molecule has 2 aliphatic heterocycles. The summed E-state index contributed by atoms with van der Waals surface area (Å²) in [5, 5.41) is 8.96. The molecule has 1 N–H and O–H groups in total. The van der Waals surface area contributed by atoms with Crippen molar-refractivity contribution in [2.45, 2.75) is 37.8 Å². The standard InChI is InChI=1S/C23H22N4O3S/c28-20(26-9-8-19-16(14-26)13-24-25-19)11-23(17-5-2-1-3-6-17)12-21(29)27(22(23)30)15-18-7-4-10-31-18/h1-7,10,13H,8-9,11-12,14-15H2,(H,24,25)/t23-/m0/s1. The van der Waals surface area contributed by atoms with E-state index in [1.54, 1.807) is 11.1 Å². The normalized spacial score (nSPS) is 20.9. The van der Waals surface area contributed by atoms with E-state index in [1.807, 2.05) is 47.8 Å². The molecule has 2 aromatic heterocycles. The Morgan fingerprint density at radius 3 is 2.77 bits per heavy atom. The van der Waals surface area contributed by atoms with Crippen LogP contribution in [0.25, 0.3) is 0 Å². The number of fused-ring (bicyclic) bond motifs is 1. The van der Waals surface area contributed by atoms with Crippen LogP contribution in [0.15, 0.2) is 54.0 Å². The second-order valence-electron chi connectivity index (χ2n) is 8.11. The Bertz CT molecular complexity index is 1120. The number of hydrogen-bond acceptors (Lipinski definition) is 5. The van der Waals surface area contributed by atoms with Crippen molar-refractivity contribution in [1.82, 2.24) is 20.0 Å². The predicted octanol–water partition coefficient (Wildman–Crippen LogP) is 2.64. The molecule has 4 heterocycles. The summed E-state index contributed by atoms with van der Waals surface area (Å²) >= 11 is 1.51. The van der Waals surface area contributed by atoms with Gasteiger partial charge < -0.3 is 4.90 Å². The Morgan fingerprint density at radius 1 is 1.16 bits per heavy atom. The van der Waals surface area contributed by atoms with Gasteiger partial charge in [-0.15, -0.1) is 11.3 Å². The highest BCUT2D eigenvalue weighted by atomic mass is 32.1. The van der Waals surface area contributed by atoms with Gasteiger partial charge in [0.15, 0.2) is 0 Å². The highest BCUT2D eigenvalue weighted by molar-refractivity contribution is 7.09. The zero-order valence-electron chi connectivity index (χ0n) is 16.9. The van der Waals surface area contributed by atoms with E-state index < -0.39 is 5.41 Å². The lowest BCUT2D eigenvalue weighted by molar-refractivity contribution is -0.143. The van der Waals surface area contributed by atoms with Crippen molar-refractivity contribution < 1.29 is 14.4 Å². The van der Waals surface area contributed by atoms with Crippen molar-refractivity contribution in [2.75, 3.05) is 6.54 Å². The molecule has 0 aliphatic carbocycles. The molecular weight excluding hydrogens is 412 g/mol. The molecule has 2 aliphatic rings. The molecule has 31 heavy (non-hydrogen) atoms. The van der Waals surface area contributed by atoms with Gasteiger partial charge in [-0.05, 0) is 17.0 Å². The van der Waals surface area contributed by atoms with Gasteiger partial charge in [0.2, 0.25) is 17.7 Å². The molecule has 0 radical (unpaired) electrons. The fourth-order valence-electron chi connectivity index (χ4n) is 4.55. The lowest BCUT2D eigenvalue weighted by Crippen LogP contribution is -2.44. The Kier molecular flexibility index (Phi) is 4.94. The molecule has 0 spiro atoms. The van der Waals surface area contributed by atoms with E-state index in [1.165, 1.54) is 16.2 Å². The van der Waals surface area contributed by atoms with E-state index in [2.05, 4.69) is 10.2 Å². The third-order valence-corrected chi connectivity index (χ3v) is 7.10. The Balaban J connectivity index is 1.44. The lowest BCUT2D eigenvalue weighted by Gasteiger charge is -2.32. The number of thiophene rings is 1. The molecule has 1 aromatic carbocycles. The van der Waals surface area contributed by atoms with Gasteiger partial charge in [0.1, 0.15) is 0 Å². The molecule has 0 bridgehead atoms. The second-order valence-corrected chi connectivity index (χ2v) is 9.14. The maximum Gasteiger partial charge on any atom is 0.241 e. The van der Waals surface area contributed by atoms with Crippen LogP contribution in [0.4, 0.5) is 0 Å². The third-order valence-electron chi connectivity index (χ3n) is 6.24. The van der Waals surface area contributed by atoms with Crippen LogP contribution >= 0.6 is 11.3 Å². The highest BCUT2D eigenvalue weighted by Crippen LogP contribution is 2.41. The summed E-state index contributed by atoms with van der Waals surface area (Å²) < 4.78 is 0. The van der Waals surface area contributed by atoms with Crippen LogP contribution in [0, 0.1) is 0 Å². The molecule has 3 aromatic rings. The smallest absolute Gasteiger partial charge is 0.241 e. The van der Waals surface area contributed by atoms with E-state index in [0.29, 0.717) is 19.5 Å². The average molecular weight is 435 g/mol. The monoisotopic (exact) mass is 434 g/mol. The molecule has 5 rings (SSSR count). The molecule has 3 amide bonds. The van der Waals surface area contributed by atoms with Crippen molar-refractivity contribution in [2.24, 2.45) is 0 Å². The Hall–Kier alpha value is -3.26. The second kappa shape index (κ2) is 7.77. The third kappa shape index (κ3) is 3.46. The van der Waals surface area contributed by atoms with Crippen LogP contribution < -0.4 is 0 Å². The summed E-state index contributed by atoms with van der Waals surface area (Å²) in [7, 11) is 0. The number of aromatic nitrogens is 2. The predicted molar refractivity (Wildman–Crippen MR) is 115 cm³/mol. The van der Waals surface area contributed by atoms with E-state index in [4.69, 9.17) is 0 Å². The van der Waals surface area contributed by atoms with Gasteiger partial charge >= 0.3 is 0 Å². The summed E-state index contributed by atoms with van der Waals surface area (Å²) in [6.45, 7) is 1.29. The van der Waals surface area contributed by atoms with Crippen LogP contribution in [0.5, 0.6) is 0 Å². The SMILES string of the molecule is O=C(C[C@@]1(c2ccccc2)CC(=O)N(Cc2cccs2)C1=O)N1CCc2[nH]ncc2C1. The number of amides is 3. The quantitative estimate of drug-likeness (QED) is 0.626. The summed E-state index contributed by atoms with van der Waals surface area (Å²) in [4.78, 5) is 44.0. The van der Waals surface area contributed by atoms with E-state index in [-0.39, 0.29) is 37.1 Å². The number of rotatable bonds is 5. The number of hydrogen-bond donors (Lipinski definition) is 1. The molecule has 1 atom stereocenters. The molecule has 0 unspecified atom stereocenters. The van der Waals surface area contributed by atoms with Crippen molar-refractivity contribution >= 4 is 29.1 Å². The minimum absolute atomic E-state index is 0.0117. The number of H-pyrrole nitrogens is 1. The first kappa shape index (κ1) is 19.7. The summed E-state index contributed by atoms with van der Waals surface area (Å²) in [5.74, 6) is -0.632. The van der Waals surface area contributed by atoms with Crippen molar-refractivity contribution in [1.29, 1.82) is 0 Å². The van der Waals surface area contributed by atoms with Gasteiger partial charge in [0.25, 0.3) is 0 Å². The van der Waals surface area contributed by atoms with Crippen LogP contribution in [-0.4, -0.2) is 44.3 Å². The van der Waals surface area contributed by atoms with Crippen molar-refractivity contribution in [3.8, 4) is 0 Å². The minimum Gasteiger partial charge on any atom is -0.338 e. The molecular formula is C23H22N4O3S. The van der Waals surface area contributed by atoms with Crippen molar-refractivity contribution in [3.05, 3.63) is 75.7 Å². The average Bonchev–Trinajstić information content (AvgIpc) is 3.52. The topological polar surface area (TPSA) is 86.4 Å². The minimum atomic E-state index is -1.16. The Labute approximate surface area is 183 Å². The molecule has 158 valence electrons. The molecule has 1 saturated heterocycles. The zero-order valence-corrected chi connectivity index (χ0v) is 17.7. The molecule has 8 heteroatoms. The fourth-order valence-corrected chi connectivity index (χ4v) is 5.24. The van der Waals surface area contributed by atoms with Crippen LogP contribution in [0.3, 0.4) is 0 Å².